The van der Waals surface area contributed by atoms with Gasteiger partial charge in [-0.3, -0.25) is 4.90 Å². The smallest absolute Gasteiger partial charge is 0.0731 e. The number of rotatable bonds is 2. The molecule has 2 N–H and O–H groups in total. The molecule has 1 aliphatic heterocycles. The van der Waals surface area contributed by atoms with E-state index in [0.29, 0.717) is 17.6 Å². The molecule has 0 aromatic rings. The Balaban J connectivity index is 1.83. The molecule has 0 bridgehead atoms. The highest BCUT2D eigenvalue weighted by Gasteiger charge is 2.48. The van der Waals surface area contributed by atoms with Crippen molar-refractivity contribution >= 4 is 0 Å². The van der Waals surface area contributed by atoms with Gasteiger partial charge in [-0.15, -0.1) is 0 Å². The van der Waals surface area contributed by atoms with Gasteiger partial charge in [-0.1, -0.05) is 33.1 Å². The predicted octanol–water partition coefficient (Wildman–Crippen LogP) is 2.93. The molecule has 1 heterocycles. The summed E-state index contributed by atoms with van der Waals surface area (Å²) < 4.78 is 6.06. The maximum atomic E-state index is 6.33. The maximum Gasteiger partial charge on any atom is 0.0731 e. The Labute approximate surface area is 124 Å². The van der Waals surface area contributed by atoms with Gasteiger partial charge < -0.3 is 10.5 Å². The minimum absolute atomic E-state index is 0.242. The van der Waals surface area contributed by atoms with Crippen LogP contribution < -0.4 is 5.73 Å². The Bertz CT molecular complexity index is 342. The van der Waals surface area contributed by atoms with Crippen LogP contribution in [0.15, 0.2) is 0 Å². The van der Waals surface area contributed by atoms with Gasteiger partial charge in [0.05, 0.1) is 12.7 Å². The number of morpholine rings is 1. The van der Waals surface area contributed by atoms with E-state index < -0.39 is 0 Å². The average Bonchev–Trinajstić information content (AvgIpc) is 2.45. The molecule has 0 aromatic heterocycles. The fourth-order valence-electron chi connectivity index (χ4n) is 5.19. The van der Waals surface area contributed by atoms with Crippen LogP contribution in [-0.4, -0.2) is 42.3 Å². The summed E-state index contributed by atoms with van der Waals surface area (Å²) in [7, 11) is 0. The first kappa shape index (κ1) is 14.8. The molecule has 3 atom stereocenters. The molecular weight excluding hydrogens is 248 g/mol. The second-order valence-corrected chi connectivity index (χ2v) is 8.08. The Morgan fingerprint density at radius 1 is 1.15 bits per heavy atom. The average molecular weight is 280 g/mol. The number of hydrogen-bond donors (Lipinski definition) is 1. The fourth-order valence-corrected chi connectivity index (χ4v) is 5.19. The molecule has 0 aromatic carbocycles. The second-order valence-electron chi connectivity index (χ2n) is 8.08. The molecule has 0 spiro atoms. The first-order chi connectivity index (χ1) is 9.56. The van der Waals surface area contributed by atoms with Crippen LogP contribution in [0.2, 0.25) is 0 Å². The minimum atomic E-state index is 0.242. The van der Waals surface area contributed by atoms with E-state index in [1.807, 2.05) is 0 Å². The van der Waals surface area contributed by atoms with Crippen LogP contribution in [0.3, 0.4) is 0 Å². The van der Waals surface area contributed by atoms with Gasteiger partial charge in [-0.2, -0.15) is 0 Å². The summed E-state index contributed by atoms with van der Waals surface area (Å²) in [6.45, 7) is 7.67. The van der Waals surface area contributed by atoms with E-state index in [2.05, 4.69) is 18.7 Å². The molecule has 116 valence electrons. The minimum Gasteiger partial charge on any atom is -0.375 e. The first-order valence-electron chi connectivity index (χ1n) is 8.65. The highest BCUT2D eigenvalue weighted by molar-refractivity contribution is 5.04. The SMILES string of the molecule is CC1(C)CCCC(CN)(N2CCOC3CCCCC32)C1. The second kappa shape index (κ2) is 5.58. The zero-order chi connectivity index (χ0) is 14.2. The molecule has 3 rings (SSSR count). The van der Waals surface area contributed by atoms with E-state index in [4.69, 9.17) is 10.5 Å². The van der Waals surface area contributed by atoms with Crippen LogP contribution in [0.1, 0.15) is 65.2 Å². The molecular formula is C17H32N2O. The van der Waals surface area contributed by atoms with Gasteiger partial charge in [-0.05, 0) is 37.5 Å². The Kier molecular flexibility index (Phi) is 4.13. The van der Waals surface area contributed by atoms with Crippen LogP contribution >= 0.6 is 0 Å². The molecule has 1 saturated heterocycles. The number of nitrogens with two attached hydrogens (primary N) is 1. The number of ether oxygens (including phenoxy) is 1. The summed E-state index contributed by atoms with van der Waals surface area (Å²) in [6, 6.07) is 0.634. The number of nitrogens with zero attached hydrogens (tertiary/aromatic N) is 1. The van der Waals surface area contributed by atoms with Gasteiger partial charge in [0.15, 0.2) is 0 Å². The van der Waals surface area contributed by atoms with E-state index in [0.717, 1.165) is 19.7 Å². The number of fused-ring (bicyclic) bond motifs is 1. The van der Waals surface area contributed by atoms with Crippen LogP contribution in [0.25, 0.3) is 0 Å². The van der Waals surface area contributed by atoms with Crippen LogP contribution in [0.4, 0.5) is 0 Å². The lowest BCUT2D eigenvalue weighted by Gasteiger charge is -2.57. The molecule has 20 heavy (non-hydrogen) atoms. The molecule has 3 nitrogen and oxygen atoms in total. The Morgan fingerprint density at radius 3 is 2.70 bits per heavy atom. The van der Waals surface area contributed by atoms with E-state index in [1.54, 1.807) is 0 Å². The van der Waals surface area contributed by atoms with Crippen LogP contribution in [-0.2, 0) is 4.74 Å². The summed E-state index contributed by atoms with van der Waals surface area (Å²) in [5.41, 5.74) is 7.02. The molecule has 2 aliphatic carbocycles. The van der Waals surface area contributed by atoms with Gasteiger partial charge >= 0.3 is 0 Å². The third-order valence-corrected chi connectivity index (χ3v) is 6.02. The third kappa shape index (κ3) is 2.65. The molecule has 2 saturated carbocycles. The molecule has 3 fully saturated rings. The van der Waals surface area contributed by atoms with Crippen molar-refractivity contribution in [2.45, 2.75) is 82.9 Å². The zero-order valence-corrected chi connectivity index (χ0v) is 13.4. The van der Waals surface area contributed by atoms with Gasteiger partial charge in [0.2, 0.25) is 0 Å². The lowest BCUT2D eigenvalue weighted by atomic mass is 9.66. The van der Waals surface area contributed by atoms with Crippen molar-refractivity contribution in [2.75, 3.05) is 19.7 Å². The first-order valence-corrected chi connectivity index (χ1v) is 8.65. The maximum absolute atomic E-state index is 6.33. The third-order valence-electron chi connectivity index (χ3n) is 6.02. The predicted molar refractivity (Wildman–Crippen MR) is 82.7 cm³/mol. The van der Waals surface area contributed by atoms with Crippen molar-refractivity contribution in [3.8, 4) is 0 Å². The summed E-state index contributed by atoms with van der Waals surface area (Å²) in [6.07, 6.45) is 11.0. The van der Waals surface area contributed by atoms with Crippen molar-refractivity contribution in [3.63, 3.8) is 0 Å². The molecule has 3 heteroatoms. The van der Waals surface area contributed by atoms with Gasteiger partial charge in [0, 0.05) is 24.7 Å². The normalized spacial score (nSPS) is 42.1. The van der Waals surface area contributed by atoms with Crippen molar-refractivity contribution in [3.05, 3.63) is 0 Å². The number of hydrogen-bond acceptors (Lipinski definition) is 3. The quantitative estimate of drug-likeness (QED) is 0.845. The van der Waals surface area contributed by atoms with E-state index >= 15 is 0 Å². The lowest BCUT2D eigenvalue weighted by Crippen LogP contribution is -2.66. The monoisotopic (exact) mass is 280 g/mol. The Hall–Kier alpha value is -0.120. The van der Waals surface area contributed by atoms with Crippen LogP contribution in [0, 0.1) is 5.41 Å². The summed E-state index contributed by atoms with van der Waals surface area (Å²) >= 11 is 0. The highest BCUT2D eigenvalue weighted by Crippen LogP contribution is 2.46. The summed E-state index contributed by atoms with van der Waals surface area (Å²) in [4.78, 5) is 2.79. The molecule has 3 aliphatic rings. The van der Waals surface area contributed by atoms with Crippen LogP contribution in [0.5, 0.6) is 0 Å². The van der Waals surface area contributed by atoms with E-state index in [-0.39, 0.29) is 5.54 Å². The summed E-state index contributed by atoms with van der Waals surface area (Å²) in [5, 5.41) is 0. The van der Waals surface area contributed by atoms with Crippen molar-refractivity contribution in [2.24, 2.45) is 11.1 Å². The topological polar surface area (TPSA) is 38.5 Å². The highest BCUT2D eigenvalue weighted by atomic mass is 16.5. The van der Waals surface area contributed by atoms with Gasteiger partial charge in [0.1, 0.15) is 0 Å². The van der Waals surface area contributed by atoms with E-state index in [1.165, 1.54) is 51.4 Å². The fraction of sp³-hybridized carbons (Fsp3) is 1.00. The lowest BCUT2D eigenvalue weighted by molar-refractivity contribution is -0.140. The summed E-state index contributed by atoms with van der Waals surface area (Å²) in [5.74, 6) is 0. The largest absolute Gasteiger partial charge is 0.375 e. The molecule has 3 unspecified atom stereocenters. The molecule has 0 radical (unpaired) electrons. The Morgan fingerprint density at radius 2 is 1.95 bits per heavy atom. The van der Waals surface area contributed by atoms with Crippen molar-refractivity contribution in [1.82, 2.24) is 4.90 Å². The zero-order valence-electron chi connectivity index (χ0n) is 13.4. The van der Waals surface area contributed by atoms with Crippen molar-refractivity contribution < 1.29 is 4.74 Å². The van der Waals surface area contributed by atoms with Gasteiger partial charge in [-0.25, -0.2) is 0 Å². The van der Waals surface area contributed by atoms with E-state index in [9.17, 15) is 0 Å². The van der Waals surface area contributed by atoms with Crippen molar-refractivity contribution in [1.29, 1.82) is 0 Å². The van der Waals surface area contributed by atoms with Gasteiger partial charge in [0.25, 0.3) is 0 Å². The molecule has 0 amide bonds. The standard InChI is InChI=1S/C17H32N2O/c1-16(2)8-5-9-17(12-16,13-18)19-10-11-20-15-7-4-3-6-14(15)19/h14-15H,3-13,18H2,1-2H3.